The lowest BCUT2D eigenvalue weighted by atomic mass is 10.0. The van der Waals surface area contributed by atoms with Crippen molar-refractivity contribution in [3.8, 4) is 0 Å². The summed E-state index contributed by atoms with van der Waals surface area (Å²) in [5.74, 6) is -0.0234. The molecule has 2 N–H and O–H groups in total. The van der Waals surface area contributed by atoms with Crippen LogP contribution < -0.4 is 10.6 Å². The Morgan fingerprint density at radius 1 is 1.44 bits per heavy atom. The summed E-state index contributed by atoms with van der Waals surface area (Å²) >= 11 is 0. The highest BCUT2D eigenvalue weighted by atomic mass is 16.2. The molecule has 1 aliphatic heterocycles. The van der Waals surface area contributed by atoms with E-state index in [1.165, 1.54) is 0 Å². The average molecular weight is 255 g/mol. The van der Waals surface area contributed by atoms with Crippen LogP contribution in [0.25, 0.3) is 0 Å². The van der Waals surface area contributed by atoms with Gasteiger partial charge in [-0.15, -0.1) is 0 Å². The van der Waals surface area contributed by atoms with Crippen LogP contribution in [0.1, 0.15) is 40.5 Å². The molecule has 0 aliphatic carbocycles. The molecule has 0 aromatic carbocycles. The number of hydrogen-bond donors (Lipinski definition) is 2. The van der Waals surface area contributed by atoms with Gasteiger partial charge >= 0.3 is 0 Å². The molecular formula is C13H25N3O2. The van der Waals surface area contributed by atoms with Gasteiger partial charge in [0.1, 0.15) is 6.04 Å². The van der Waals surface area contributed by atoms with Crippen LogP contribution in [0.15, 0.2) is 0 Å². The zero-order chi connectivity index (χ0) is 13.7. The van der Waals surface area contributed by atoms with E-state index in [9.17, 15) is 9.59 Å². The summed E-state index contributed by atoms with van der Waals surface area (Å²) in [5.41, 5.74) is 0. The van der Waals surface area contributed by atoms with Crippen molar-refractivity contribution < 1.29 is 9.59 Å². The molecule has 1 rings (SSSR count). The summed E-state index contributed by atoms with van der Waals surface area (Å²) in [7, 11) is 0. The zero-order valence-electron chi connectivity index (χ0n) is 11.8. The summed E-state index contributed by atoms with van der Waals surface area (Å²) in [6, 6.07) is -0.247. The minimum absolute atomic E-state index is 0.0497. The normalized spacial score (nSPS) is 22.2. The Bertz CT molecular complexity index is 305. The van der Waals surface area contributed by atoms with E-state index in [2.05, 4.69) is 10.6 Å². The van der Waals surface area contributed by atoms with Crippen molar-refractivity contribution in [3.63, 3.8) is 0 Å². The smallest absolute Gasteiger partial charge is 0.242 e. The lowest BCUT2D eigenvalue weighted by Crippen LogP contribution is -2.57. The maximum absolute atomic E-state index is 12.3. The van der Waals surface area contributed by atoms with Crippen molar-refractivity contribution in [1.82, 2.24) is 15.5 Å². The Morgan fingerprint density at radius 3 is 2.67 bits per heavy atom. The van der Waals surface area contributed by atoms with E-state index in [1.807, 2.05) is 20.8 Å². The Labute approximate surface area is 109 Å². The molecule has 18 heavy (non-hydrogen) atoms. The molecular weight excluding hydrogens is 230 g/mol. The molecule has 2 atom stereocenters. The minimum atomic E-state index is -0.380. The predicted octanol–water partition coefficient (Wildman–Crippen LogP) is 0.500. The third kappa shape index (κ3) is 3.70. The highest BCUT2D eigenvalue weighted by molar-refractivity contribution is 5.90. The average Bonchev–Trinajstić information content (AvgIpc) is 2.31. The number of nitrogens with one attached hydrogen (secondary N) is 2. The number of carbonyl (C=O) groups excluding carboxylic acids is 2. The largest absolute Gasteiger partial charge is 0.355 e. The second-order valence-corrected chi connectivity index (χ2v) is 5.12. The molecule has 1 saturated heterocycles. The molecule has 0 spiro atoms. The number of hydrogen-bond acceptors (Lipinski definition) is 3. The van der Waals surface area contributed by atoms with Crippen LogP contribution in [-0.4, -0.2) is 47.9 Å². The predicted molar refractivity (Wildman–Crippen MR) is 71.2 cm³/mol. The molecule has 0 saturated carbocycles. The van der Waals surface area contributed by atoms with E-state index in [1.54, 1.807) is 11.8 Å². The first kappa shape index (κ1) is 15.0. The number of nitrogens with zero attached hydrogens (tertiary/aromatic N) is 1. The molecule has 0 bridgehead atoms. The summed E-state index contributed by atoms with van der Waals surface area (Å²) < 4.78 is 0. The van der Waals surface area contributed by atoms with E-state index >= 15 is 0 Å². The molecule has 1 heterocycles. The van der Waals surface area contributed by atoms with Gasteiger partial charge in [0.2, 0.25) is 11.8 Å². The highest BCUT2D eigenvalue weighted by Crippen LogP contribution is 2.15. The molecule has 2 unspecified atom stereocenters. The number of rotatable bonds is 5. The molecule has 0 aromatic heterocycles. The number of carbonyl (C=O) groups is 2. The summed E-state index contributed by atoms with van der Waals surface area (Å²) in [6.07, 6.45) is 1.80. The fourth-order valence-electron chi connectivity index (χ4n) is 2.30. The van der Waals surface area contributed by atoms with Crippen molar-refractivity contribution >= 4 is 11.8 Å². The molecule has 5 heteroatoms. The van der Waals surface area contributed by atoms with Crippen molar-refractivity contribution in [2.75, 3.05) is 13.1 Å². The fourth-order valence-corrected chi connectivity index (χ4v) is 2.30. The molecule has 2 amide bonds. The van der Waals surface area contributed by atoms with Gasteiger partial charge in [-0.2, -0.15) is 0 Å². The molecule has 1 aliphatic rings. The monoisotopic (exact) mass is 255 g/mol. The number of likely N-dealkylation sites (N-methyl/N-ethyl adjacent to an activating group) is 1. The van der Waals surface area contributed by atoms with E-state index in [-0.39, 0.29) is 29.9 Å². The third-order valence-electron chi connectivity index (χ3n) is 3.21. The van der Waals surface area contributed by atoms with Gasteiger partial charge in [-0.25, -0.2) is 0 Å². The summed E-state index contributed by atoms with van der Waals surface area (Å²) in [6.45, 7) is 9.00. The van der Waals surface area contributed by atoms with Crippen LogP contribution in [0, 0.1) is 0 Å². The van der Waals surface area contributed by atoms with Gasteiger partial charge in [-0.3, -0.25) is 9.59 Å². The lowest BCUT2D eigenvalue weighted by Gasteiger charge is -2.36. The Morgan fingerprint density at radius 2 is 2.11 bits per heavy atom. The fraction of sp³-hybridized carbons (Fsp3) is 0.846. The maximum atomic E-state index is 12.3. The van der Waals surface area contributed by atoms with Gasteiger partial charge in [0.25, 0.3) is 0 Å². The van der Waals surface area contributed by atoms with Crippen LogP contribution in [0.5, 0.6) is 0 Å². The first-order chi connectivity index (χ1) is 8.47. The van der Waals surface area contributed by atoms with Crippen LogP contribution in [0.2, 0.25) is 0 Å². The highest BCUT2D eigenvalue weighted by Gasteiger charge is 2.33. The van der Waals surface area contributed by atoms with Crippen molar-refractivity contribution in [1.29, 1.82) is 0 Å². The second kappa shape index (κ2) is 6.73. The van der Waals surface area contributed by atoms with E-state index in [0.29, 0.717) is 13.1 Å². The number of likely N-dealkylation sites (tertiary alicyclic amines) is 1. The number of amides is 2. The zero-order valence-corrected chi connectivity index (χ0v) is 11.8. The van der Waals surface area contributed by atoms with E-state index < -0.39 is 0 Å². The van der Waals surface area contributed by atoms with Crippen LogP contribution in [0.4, 0.5) is 0 Å². The molecule has 0 radical (unpaired) electrons. The van der Waals surface area contributed by atoms with E-state index in [0.717, 1.165) is 12.8 Å². The molecule has 104 valence electrons. The standard InChI is InChI=1S/C13H25N3O2/c1-5-14-12(17)10(4)16-8-6-7-11(13(16)18)15-9(2)3/h9-11,15H,5-8H2,1-4H3,(H,14,17). The summed E-state index contributed by atoms with van der Waals surface area (Å²) in [5, 5.41) is 6.03. The Kier molecular flexibility index (Phi) is 5.59. The van der Waals surface area contributed by atoms with Gasteiger partial charge in [-0.1, -0.05) is 13.8 Å². The van der Waals surface area contributed by atoms with E-state index in [4.69, 9.17) is 0 Å². The quantitative estimate of drug-likeness (QED) is 0.752. The Hall–Kier alpha value is -1.10. The molecule has 5 nitrogen and oxygen atoms in total. The topological polar surface area (TPSA) is 61.4 Å². The van der Waals surface area contributed by atoms with Crippen LogP contribution >= 0.6 is 0 Å². The van der Waals surface area contributed by atoms with Gasteiger partial charge in [0.15, 0.2) is 0 Å². The van der Waals surface area contributed by atoms with Gasteiger partial charge in [0.05, 0.1) is 6.04 Å². The van der Waals surface area contributed by atoms with Crippen molar-refractivity contribution in [3.05, 3.63) is 0 Å². The second-order valence-electron chi connectivity index (χ2n) is 5.12. The van der Waals surface area contributed by atoms with Gasteiger partial charge in [-0.05, 0) is 26.7 Å². The Balaban J connectivity index is 2.65. The SMILES string of the molecule is CCNC(=O)C(C)N1CCCC(NC(C)C)C1=O. The van der Waals surface area contributed by atoms with Crippen molar-refractivity contribution in [2.24, 2.45) is 0 Å². The summed E-state index contributed by atoms with van der Waals surface area (Å²) in [4.78, 5) is 25.8. The molecule has 0 aromatic rings. The van der Waals surface area contributed by atoms with Gasteiger partial charge < -0.3 is 15.5 Å². The minimum Gasteiger partial charge on any atom is -0.355 e. The lowest BCUT2D eigenvalue weighted by molar-refractivity contribution is -0.143. The van der Waals surface area contributed by atoms with Crippen molar-refractivity contribution in [2.45, 2.75) is 58.7 Å². The third-order valence-corrected chi connectivity index (χ3v) is 3.21. The first-order valence-electron chi connectivity index (χ1n) is 6.81. The number of piperidine rings is 1. The molecule has 1 fully saturated rings. The first-order valence-corrected chi connectivity index (χ1v) is 6.81. The van der Waals surface area contributed by atoms with Crippen LogP contribution in [-0.2, 0) is 9.59 Å². The van der Waals surface area contributed by atoms with Crippen LogP contribution in [0.3, 0.4) is 0 Å². The van der Waals surface area contributed by atoms with Gasteiger partial charge in [0, 0.05) is 19.1 Å². The maximum Gasteiger partial charge on any atom is 0.242 e.